The Balaban J connectivity index is 1.57. The van der Waals surface area contributed by atoms with E-state index in [2.05, 4.69) is 22.2 Å². The zero-order valence-electron chi connectivity index (χ0n) is 11.9. The molecule has 0 amide bonds. The Morgan fingerprint density at radius 1 is 1.14 bits per heavy atom. The van der Waals surface area contributed by atoms with E-state index in [-0.39, 0.29) is 5.82 Å². The van der Waals surface area contributed by atoms with Crippen molar-refractivity contribution >= 4 is 11.0 Å². The van der Waals surface area contributed by atoms with E-state index in [9.17, 15) is 4.39 Å². The number of para-hydroxylation sites is 2. The monoisotopic (exact) mass is 283 g/mol. The van der Waals surface area contributed by atoms with Crippen molar-refractivity contribution in [3.8, 4) is 0 Å². The van der Waals surface area contributed by atoms with Crippen LogP contribution in [0.4, 0.5) is 4.39 Å². The highest BCUT2D eigenvalue weighted by atomic mass is 19.1. The number of halogens is 1. The minimum Gasteiger partial charge on any atom is -0.341 e. The lowest BCUT2D eigenvalue weighted by Crippen LogP contribution is -2.28. The number of rotatable bonds is 5. The summed E-state index contributed by atoms with van der Waals surface area (Å²) in [5.74, 6) is 0.740. The van der Waals surface area contributed by atoms with Gasteiger partial charge < -0.3 is 10.3 Å². The predicted octanol–water partition coefficient (Wildman–Crippen LogP) is 3.42. The summed E-state index contributed by atoms with van der Waals surface area (Å²) in [5.41, 5.74) is 3.17. The van der Waals surface area contributed by atoms with Crippen LogP contribution in [-0.4, -0.2) is 16.0 Å². The smallest absolute Gasteiger partial charge is 0.123 e. The molecule has 2 aromatic carbocycles. The van der Waals surface area contributed by atoms with Crippen LogP contribution in [0.3, 0.4) is 0 Å². The van der Waals surface area contributed by atoms with Crippen LogP contribution in [0.5, 0.6) is 0 Å². The molecule has 1 heterocycles. The number of hydrogen-bond donors (Lipinski definition) is 2. The third-order valence-electron chi connectivity index (χ3n) is 3.51. The molecule has 3 nitrogen and oxygen atoms in total. The number of nitrogens with one attached hydrogen (secondary N) is 2. The number of imidazole rings is 1. The Bertz CT molecular complexity index is 685. The number of hydrogen-bond acceptors (Lipinski definition) is 2. The van der Waals surface area contributed by atoms with Crippen LogP contribution in [-0.2, 0) is 13.0 Å². The number of fused-ring (bicyclic) bond motifs is 1. The summed E-state index contributed by atoms with van der Waals surface area (Å²) in [6.45, 7) is 2.81. The molecule has 0 spiro atoms. The number of nitrogens with zero attached hydrogens (tertiary/aromatic N) is 1. The van der Waals surface area contributed by atoms with Gasteiger partial charge in [-0.2, -0.15) is 0 Å². The molecule has 0 aliphatic rings. The molecule has 3 aromatic rings. The summed E-state index contributed by atoms with van der Waals surface area (Å²) in [4.78, 5) is 7.83. The van der Waals surface area contributed by atoms with Crippen molar-refractivity contribution in [2.45, 2.75) is 25.9 Å². The summed E-state index contributed by atoms with van der Waals surface area (Å²) in [6.07, 6.45) is 0.862. The second-order valence-electron chi connectivity index (χ2n) is 5.31. The molecule has 1 atom stereocenters. The van der Waals surface area contributed by atoms with Gasteiger partial charge in [0.25, 0.3) is 0 Å². The van der Waals surface area contributed by atoms with Gasteiger partial charge in [0.1, 0.15) is 11.6 Å². The standard InChI is InChI=1S/C17H18FN3/c1-12(10-13-6-8-14(18)9-7-13)19-11-17-20-15-4-2-3-5-16(15)21-17/h2-9,12,19H,10-11H2,1H3,(H,20,21). The first-order chi connectivity index (χ1) is 10.2. The van der Waals surface area contributed by atoms with Crippen molar-refractivity contribution in [1.29, 1.82) is 0 Å². The number of benzene rings is 2. The maximum atomic E-state index is 12.9. The van der Waals surface area contributed by atoms with E-state index in [1.807, 2.05) is 36.4 Å². The SMILES string of the molecule is CC(Cc1ccc(F)cc1)NCc1nc2ccccc2[nH]1. The first-order valence-corrected chi connectivity index (χ1v) is 7.12. The Hall–Kier alpha value is -2.20. The Kier molecular flexibility index (Phi) is 3.97. The van der Waals surface area contributed by atoms with Gasteiger partial charge in [0, 0.05) is 6.04 Å². The molecule has 3 rings (SSSR count). The second-order valence-corrected chi connectivity index (χ2v) is 5.31. The second kappa shape index (κ2) is 6.06. The van der Waals surface area contributed by atoms with Crippen molar-refractivity contribution in [1.82, 2.24) is 15.3 Å². The van der Waals surface area contributed by atoms with Crippen molar-refractivity contribution in [3.63, 3.8) is 0 Å². The van der Waals surface area contributed by atoms with Gasteiger partial charge in [0.15, 0.2) is 0 Å². The van der Waals surface area contributed by atoms with Gasteiger partial charge in [0.2, 0.25) is 0 Å². The van der Waals surface area contributed by atoms with Crippen LogP contribution >= 0.6 is 0 Å². The molecule has 21 heavy (non-hydrogen) atoms. The summed E-state index contributed by atoms with van der Waals surface area (Å²) in [7, 11) is 0. The molecule has 0 saturated heterocycles. The fourth-order valence-electron chi connectivity index (χ4n) is 2.41. The zero-order chi connectivity index (χ0) is 14.7. The average Bonchev–Trinajstić information content (AvgIpc) is 2.90. The van der Waals surface area contributed by atoms with E-state index in [1.54, 1.807) is 0 Å². The number of aromatic amines is 1. The van der Waals surface area contributed by atoms with Gasteiger partial charge in [0.05, 0.1) is 17.6 Å². The molecule has 1 aromatic heterocycles. The lowest BCUT2D eigenvalue weighted by molar-refractivity contribution is 0.535. The number of aromatic nitrogens is 2. The maximum absolute atomic E-state index is 12.9. The molecule has 0 radical (unpaired) electrons. The van der Waals surface area contributed by atoms with Gasteiger partial charge in [-0.3, -0.25) is 0 Å². The van der Waals surface area contributed by atoms with E-state index in [0.717, 1.165) is 28.8 Å². The minimum atomic E-state index is -0.193. The van der Waals surface area contributed by atoms with Crippen molar-refractivity contribution < 1.29 is 4.39 Å². The molecule has 2 N–H and O–H groups in total. The Labute approximate surface area is 123 Å². The predicted molar refractivity (Wildman–Crippen MR) is 82.5 cm³/mol. The summed E-state index contributed by atoms with van der Waals surface area (Å²) in [5, 5.41) is 3.44. The molecule has 4 heteroatoms. The Morgan fingerprint density at radius 3 is 2.67 bits per heavy atom. The summed E-state index contributed by atoms with van der Waals surface area (Å²) < 4.78 is 12.9. The first-order valence-electron chi connectivity index (χ1n) is 7.12. The highest BCUT2D eigenvalue weighted by Gasteiger charge is 2.06. The molecular formula is C17H18FN3. The van der Waals surface area contributed by atoms with Gasteiger partial charge in [-0.1, -0.05) is 24.3 Å². The molecule has 108 valence electrons. The molecule has 0 saturated carbocycles. The number of H-pyrrole nitrogens is 1. The van der Waals surface area contributed by atoms with Gasteiger partial charge in [-0.05, 0) is 43.2 Å². The van der Waals surface area contributed by atoms with E-state index in [4.69, 9.17) is 0 Å². The quantitative estimate of drug-likeness (QED) is 0.753. The molecule has 0 aliphatic heterocycles. The Morgan fingerprint density at radius 2 is 1.90 bits per heavy atom. The molecule has 1 unspecified atom stereocenters. The third kappa shape index (κ3) is 3.47. The van der Waals surface area contributed by atoms with E-state index in [0.29, 0.717) is 12.6 Å². The van der Waals surface area contributed by atoms with Crippen LogP contribution in [0, 0.1) is 5.82 Å². The largest absolute Gasteiger partial charge is 0.341 e. The topological polar surface area (TPSA) is 40.7 Å². The fraction of sp³-hybridized carbons (Fsp3) is 0.235. The molecule has 0 aliphatic carbocycles. The van der Waals surface area contributed by atoms with E-state index < -0.39 is 0 Å². The van der Waals surface area contributed by atoms with Crippen LogP contribution in [0.15, 0.2) is 48.5 Å². The van der Waals surface area contributed by atoms with Gasteiger partial charge in [-0.25, -0.2) is 9.37 Å². The van der Waals surface area contributed by atoms with E-state index >= 15 is 0 Å². The summed E-state index contributed by atoms with van der Waals surface area (Å²) in [6, 6.07) is 15.0. The van der Waals surface area contributed by atoms with Crippen LogP contribution in [0.25, 0.3) is 11.0 Å². The van der Waals surface area contributed by atoms with Crippen LogP contribution in [0.1, 0.15) is 18.3 Å². The lowest BCUT2D eigenvalue weighted by Gasteiger charge is -2.12. The molecular weight excluding hydrogens is 265 g/mol. The minimum absolute atomic E-state index is 0.193. The van der Waals surface area contributed by atoms with Crippen LogP contribution in [0.2, 0.25) is 0 Å². The van der Waals surface area contributed by atoms with Gasteiger partial charge >= 0.3 is 0 Å². The normalized spacial score (nSPS) is 12.7. The highest BCUT2D eigenvalue weighted by molar-refractivity contribution is 5.74. The zero-order valence-corrected chi connectivity index (χ0v) is 11.9. The summed E-state index contributed by atoms with van der Waals surface area (Å²) >= 11 is 0. The highest BCUT2D eigenvalue weighted by Crippen LogP contribution is 2.10. The fourth-order valence-corrected chi connectivity index (χ4v) is 2.41. The van der Waals surface area contributed by atoms with Crippen molar-refractivity contribution in [2.24, 2.45) is 0 Å². The first kappa shape index (κ1) is 13.8. The van der Waals surface area contributed by atoms with Gasteiger partial charge in [-0.15, -0.1) is 0 Å². The maximum Gasteiger partial charge on any atom is 0.123 e. The van der Waals surface area contributed by atoms with Crippen LogP contribution < -0.4 is 5.32 Å². The molecule has 0 fully saturated rings. The van der Waals surface area contributed by atoms with Crippen molar-refractivity contribution in [3.05, 3.63) is 65.7 Å². The third-order valence-corrected chi connectivity index (χ3v) is 3.51. The lowest BCUT2D eigenvalue weighted by atomic mass is 10.1. The average molecular weight is 283 g/mol. The van der Waals surface area contributed by atoms with E-state index in [1.165, 1.54) is 12.1 Å². The van der Waals surface area contributed by atoms with Crippen molar-refractivity contribution in [2.75, 3.05) is 0 Å². The molecule has 0 bridgehead atoms.